The summed E-state index contributed by atoms with van der Waals surface area (Å²) in [5.74, 6) is -5.48. The Morgan fingerprint density at radius 1 is 0.460 bits per heavy atom. The van der Waals surface area contributed by atoms with Crippen LogP contribution in [0.15, 0.2) is 37.6 Å². The first-order valence-electron chi connectivity index (χ1n) is 21.4. The van der Waals surface area contributed by atoms with E-state index in [0.717, 1.165) is 0 Å². The summed E-state index contributed by atoms with van der Waals surface area (Å²) in [5.41, 5.74) is 7.65. The van der Waals surface area contributed by atoms with E-state index in [0.29, 0.717) is 23.5 Å². The number of amides is 6. The number of aliphatic carboxylic acids is 1. The Hall–Kier alpha value is -6.12. The summed E-state index contributed by atoms with van der Waals surface area (Å²) >= 11 is 0. The number of aromatic amines is 3. The Labute approximate surface area is 367 Å². The number of aromatic nitrogens is 6. The molecule has 3 aromatic rings. The van der Waals surface area contributed by atoms with Gasteiger partial charge in [0.1, 0.15) is 36.3 Å². The summed E-state index contributed by atoms with van der Waals surface area (Å²) in [7, 11) is 0. The molecule has 0 fully saturated rings. The zero-order valence-electron chi connectivity index (χ0n) is 37.5. The van der Waals surface area contributed by atoms with E-state index >= 15 is 0 Å². The molecule has 0 aliphatic heterocycles. The number of H-pyrrole nitrogens is 3. The highest BCUT2D eigenvalue weighted by atomic mass is 16.4. The van der Waals surface area contributed by atoms with Crippen LogP contribution in [0.2, 0.25) is 0 Å². The number of nitrogens with one attached hydrogen (secondary N) is 9. The average molecular weight is 882 g/mol. The first-order chi connectivity index (χ1) is 29.7. The van der Waals surface area contributed by atoms with Crippen LogP contribution in [0.25, 0.3) is 0 Å². The Balaban J connectivity index is 1.87. The standard InChI is InChI=1S/C42H67N13O8/c1-22(2)9-29(43)36(56)50-32(13-26-16-44-19-47-26)39(59)52-30(10-23(3)4)37(57)51-31(11-24(5)6)38(58)53-33(14-27-17-45-20-48-27)40(60)54-34(15-28-18-46-21-49-28)41(61)55-35(42(62)63)12-25(7)8/h16-25,29-35H,9-15,43H2,1-8H3,(H,44,47)(H,45,48)(H,46,49)(H,50,56)(H,51,57)(H,52,59)(H,53,58)(H,54,60)(H,55,61)(H,62,63)/t29-,30-,31-,32-,33-,34-,35-/m0/s1. The zero-order chi connectivity index (χ0) is 46.8. The number of carboxylic acids is 1. The maximum atomic E-state index is 14.2. The van der Waals surface area contributed by atoms with Gasteiger partial charge in [-0.25, -0.2) is 19.7 Å². The monoisotopic (exact) mass is 882 g/mol. The second-order valence-corrected chi connectivity index (χ2v) is 17.7. The molecule has 0 aromatic carbocycles. The molecule has 0 saturated carbocycles. The molecule has 0 spiro atoms. The lowest BCUT2D eigenvalue weighted by Crippen LogP contribution is -2.60. The van der Waals surface area contributed by atoms with Gasteiger partial charge in [0.15, 0.2) is 0 Å². The third-order valence-corrected chi connectivity index (χ3v) is 9.90. The molecule has 348 valence electrons. The van der Waals surface area contributed by atoms with E-state index < -0.39 is 83.7 Å². The molecule has 63 heavy (non-hydrogen) atoms. The molecule has 3 aromatic heterocycles. The first-order valence-corrected chi connectivity index (χ1v) is 21.4. The summed E-state index contributed by atoms with van der Waals surface area (Å²) in [6.45, 7) is 14.9. The second kappa shape index (κ2) is 25.1. The van der Waals surface area contributed by atoms with E-state index in [-0.39, 0.29) is 62.2 Å². The summed E-state index contributed by atoms with van der Waals surface area (Å²) in [6.07, 6.45) is 9.39. The van der Waals surface area contributed by atoms with Crippen LogP contribution >= 0.6 is 0 Å². The van der Waals surface area contributed by atoms with E-state index in [4.69, 9.17) is 5.73 Å². The van der Waals surface area contributed by atoms with Crippen molar-refractivity contribution < 1.29 is 38.7 Å². The fraction of sp³-hybridized carbons (Fsp3) is 0.619. The summed E-state index contributed by atoms with van der Waals surface area (Å²) in [4.78, 5) is 116. The molecule has 0 aliphatic rings. The van der Waals surface area contributed by atoms with Crippen molar-refractivity contribution in [2.75, 3.05) is 0 Å². The number of hydrogen-bond donors (Lipinski definition) is 11. The van der Waals surface area contributed by atoms with Crippen LogP contribution in [0.3, 0.4) is 0 Å². The molecule has 0 aliphatic carbocycles. The van der Waals surface area contributed by atoms with Crippen molar-refractivity contribution in [2.24, 2.45) is 29.4 Å². The highest BCUT2D eigenvalue weighted by molar-refractivity contribution is 5.97. The molecule has 3 heterocycles. The molecule has 3 rings (SSSR count). The van der Waals surface area contributed by atoms with Crippen LogP contribution in [0, 0.1) is 23.7 Å². The van der Waals surface area contributed by atoms with E-state index in [1.165, 1.54) is 37.6 Å². The number of nitrogens with two attached hydrogens (primary N) is 1. The highest BCUT2D eigenvalue weighted by Crippen LogP contribution is 2.13. The van der Waals surface area contributed by atoms with Gasteiger partial charge in [-0.1, -0.05) is 55.4 Å². The molecule has 12 N–H and O–H groups in total. The van der Waals surface area contributed by atoms with Gasteiger partial charge in [-0.05, 0) is 49.4 Å². The highest BCUT2D eigenvalue weighted by Gasteiger charge is 2.35. The van der Waals surface area contributed by atoms with Crippen LogP contribution in [-0.4, -0.2) is 119 Å². The van der Waals surface area contributed by atoms with Crippen molar-refractivity contribution in [2.45, 2.75) is 143 Å². The zero-order valence-corrected chi connectivity index (χ0v) is 37.5. The van der Waals surface area contributed by atoms with Crippen LogP contribution in [-0.2, 0) is 52.8 Å². The molecule has 0 unspecified atom stereocenters. The number of carbonyl (C=O) groups excluding carboxylic acids is 6. The number of nitrogens with zero attached hydrogens (tertiary/aromatic N) is 3. The predicted molar refractivity (Wildman–Crippen MR) is 232 cm³/mol. The summed E-state index contributed by atoms with van der Waals surface area (Å²) in [5, 5.41) is 26.1. The fourth-order valence-corrected chi connectivity index (χ4v) is 6.83. The fourth-order valence-electron chi connectivity index (χ4n) is 6.83. The molecule has 21 heteroatoms. The lowest BCUT2D eigenvalue weighted by atomic mass is 9.99. The third kappa shape index (κ3) is 18.0. The smallest absolute Gasteiger partial charge is 0.326 e. The van der Waals surface area contributed by atoms with Crippen molar-refractivity contribution in [1.82, 2.24) is 61.8 Å². The minimum atomic E-state index is -1.31. The van der Waals surface area contributed by atoms with Gasteiger partial charge in [-0.2, -0.15) is 0 Å². The van der Waals surface area contributed by atoms with E-state index in [1.807, 2.05) is 55.4 Å². The molecular weight excluding hydrogens is 815 g/mol. The molecule has 7 atom stereocenters. The number of imidazole rings is 3. The lowest BCUT2D eigenvalue weighted by Gasteiger charge is -2.28. The Morgan fingerprint density at radius 2 is 0.730 bits per heavy atom. The topological polar surface area (TPSA) is 324 Å². The molecule has 6 amide bonds. The van der Waals surface area contributed by atoms with E-state index in [9.17, 15) is 38.7 Å². The van der Waals surface area contributed by atoms with Crippen molar-refractivity contribution in [1.29, 1.82) is 0 Å². The van der Waals surface area contributed by atoms with Gasteiger partial charge in [0, 0.05) is 54.9 Å². The Morgan fingerprint density at radius 3 is 1.02 bits per heavy atom. The van der Waals surface area contributed by atoms with Gasteiger partial charge < -0.3 is 57.7 Å². The van der Waals surface area contributed by atoms with Crippen molar-refractivity contribution >= 4 is 41.4 Å². The van der Waals surface area contributed by atoms with Gasteiger partial charge >= 0.3 is 5.97 Å². The molecular formula is C42H67N13O8. The van der Waals surface area contributed by atoms with Crippen LogP contribution in [0.4, 0.5) is 0 Å². The van der Waals surface area contributed by atoms with Crippen molar-refractivity contribution in [3.8, 4) is 0 Å². The van der Waals surface area contributed by atoms with Crippen LogP contribution in [0.1, 0.15) is 98.2 Å². The van der Waals surface area contributed by atoms with E-state index in [1.54, 1.807) is 0 Å². The molecule has 0 saturated heterocycles. The van der Waals surface area contributed by atoms with Crippen LogP contribution < -0.4 is 37.6 Å². The number of rotatable bonds is 27. The van der Waals surface area contributed by atoms with Gasteiger partial charge in [0.25, 0.3) is 0 Å². The lowest BCUT2D eigenvalue weighted by molar-refractivity contribution is -0.142. The van der Waals surface area contributed by atoms with Gasteiger partial charge in [0.2, 0.25) is 35.4 Å². The van der Waals surface area contributed by atoms with Crippen molar-refractivity contribution in [3.63, 3.8) is 0 Å². The normalized spacial score (nSPS) is 14.9. The second-order valence-electron chi connectivity index (χ2n) is 17.7. The number of hydrogen-bond acceptors (Lipinski definition) is 11. The van der Waals surface area contributed by atoms with Gasteiger partial charge in [-0.15, -0.1) is 0 Å². The maximum absolute atomic E-state index is 14.2. The minimum absolute atomic E-state index is 0.0304. The molecule has 0 bridgehead atoms. The van der Waals surface area contributed by atoms with E-state index in [2.05, 4.69) is 61.8 Å². The van der Waals surface area contributed by atoms with Crippen LogP contribution in [0.5, 0.6) is 0 Å². The average Bonchev–Trinajstić information content (AvgIpc) is 4.01. The summed E-state index contributed by atoms with van der Waals surface area (Å²) < 4.78 is 0. The van der Waals surface area contributed by atoms with Crippen molar-refractivity contribution in [3.05, 3.63) is 54.7 Å². The SMILES string of the molecule is CC(C)C[C@H](NC(=O)[C@H](Cc1cnc[nH]1)NC(=O)[C@H](Cc1cnc[nH]1)NC(=O)[C@H](CC(C)C)NC(=O)[C@H](CC(C)C)NC(=O)[C@H](Cc1cnc[nH]1)NC(=O)[C@@H](N)CC(C)C)C(=O)O. The maximum Gasteiger partial charge on any atom is 0.326 e. The third-order valence-electron chi connectivity index (χ3n) is 9.90. The minimum Gasteiger partial charge on any atom is -0.480 e. The molecule has 0 radical (unpaired) electrons. The van der Waals surface area contributed by atoms with Gasteiger partial charge in [0.05, 0.1) is 25.0 Å². The molecule has 21 nitrogen and oxygen atoms in total. The number of carbonyl (C=O) groups is 7. The Kier molecular flexibility index (Phi) is 20.4. The predicted octanol–water partition coefficient (Wildman–Crippen LogP) is 0.389. The largest absolute Gasteiger partial charge is 0.480 e. The number of carboxylic acid groups (broad SMARTS) is 1. The Bertz CT molecular complexity index is 1900. The first kappa shape index (κ1) is 51.2. The quantitative estimate of drug-likeness (QED) is 0.0496. The summed E-state index contributed by atoms with van der Waals surface area (Å²) in [6, 6.07) is -8.14. The van der Waals surface area contributed by atoms with Gasteiger partial charge in [-0.3, -0.25) is 28.8 Å².